The predicted octanol–water partition coefficient (Wildman–Crippen LogP) is 2.85. The van der Waals surface area contributed by atoms with E-state index in [1.165, 1.54) is 5.56 Å². The van der Waals surface area contributed by atoms with Gasteiger partial charge in [-0.25, -0.2) is 0 Å². The third-order valence-corrected chi connectivity index (χ3v) is 4.00. The Morgan fingerprint density at radius 1 is 1.12 bits per heavy atom. The zero-order valence-corrected chi connectivity index (χ0v) is 15.3. The zero-order valence-electron chi connectivity index (χ0n) is 15.3. The van der Waals surface area contributed by atoms with Crippen LogP contribution in [0.4, 0.5) is 0 Å². The van der Waals surface area contributed by atoms with Gasteiger partial charge in [0.05, 0.1) is 0 Å². The van der Waals surface area contributed by atoms with Gasteiger partial charge in [0.1, 0.15) is 18.5 Å². The first-order valence-corrected chi connectivity index (χ1v) is 8.94. The van der Waals surface area contributed by atoms with Crippen molar-refractivity contribution in [2.24, 2.45) is 0 Å². The van der Waals surface area contributed by atoms with Gasteiger partial charge in [0.15, 0.2) is 0 Å². The van der Waals surface area contributed by atoms with Gasteiger partial charge in [-0.3, -0.25) is 0 Å². The predicted molar refractivity (Wildman–Crippen MR) is 103 cm³/mol. The molecule has 0 amide bonds. The van der Waals surface area contributed by atoms with Gasteiger partial charge in [0.25, 0.3) is 0 Å². The minimum atomic E-state index is -0.498. The Morgan fingerprint density at radius 2 is 1.92 bits per heavy atom. The van der Waals surface area contributed by atoms with Gasteiger partial charge < -0.3 is 20.1 Å². The quantitative estimate of drug-likeness (QED) is 0.617. The summed E-state index contributed by atoms with van der Waals surface area (Å²) in [7, 11) is 2.14. The number of ether oxygens (including phenoxy) is 1. The second kappa shape index (κ2) is 10.9. The Labute approximate surface area is 151 Å². The number of rotatable bonds is 11. The summed E-state index contributed by atoms with van der Waals surface area (Å²) in [6.45, 7) is 5.77. The van der Waals surface area contributed by atoms with E-state index in [2.05, 4.69) is 41.5 Å². The van der Waals surface area contributed by atoms with Crippen molar-refractivity contribution in [2.45, 2.75) is 26.0 Å². The molecule has 0 aliphatic rings. The van der Waals surface area contributed by atoms with Gasteiger partial charge in [-0.1, -0.05) is 42.5 Å². The van der Waals surface area contributed by atoms with E-state index in [0.717, 1.165) is 37.4 Å². The summed E-state index contributed by atoms with van der Waals surface area (Å²) < 4.78 is 5.61. The Bertz CT molecular complexity index is 604. The molecule has 0 heterocycles. The van der Waals surface area contributed by atoms with Crippen LogP contribution < -0.4 is 10.1 Å². The van der Waals surface area contributed by atoms with Crippen molar-refractivity contribution in [1.82, 2.24) is 10.2 Å². The lowest BCUT2D eigenvalue weighted by atomic mass is 10.2. The van der Waals surface area contributed by atoms with Crippen LogP contribution in [0.25, 0.3) is 0 Å². The van der Waals surface area contributed by atoms with Crippen LogP contribution in [0.3, 0.4) is 0 Å². The molecule has 0 spiro atoms. The first-order valence-electron chi connectivity index (χ1n) is 8.94. The fourth-order valence-electron chi connectivity index (χ4n) is 2.67. The van der Waals surface area contributed by atoms with Crippen molar-refractivity contribution in [3.63, 3.8) is 0 Å². The number of hydrogen-bond acceptors (Lipinski definition) is 4. The average molecular weight is 342 g/mol. The molecule has 0 saturated heterocycles. The van der Waals surface area contributed by atoms with Crippen molar-refractivity contribution in [3.05, 3.63) is 65.7 Å². The van der Waals surface area contributed by atoms with Crippen LogP contribution in [0.2, 0.25) is 0 Å². The number of aliphatic hydroxyl groups is 1. The molecule has 2 rings (SSSR count). The van der Waals surface area contributed by atoms with E-state index in [4.69, 9.17) is 4.74 Å². The van der Waals surface area contributed by atoms with Crippen molar-refractivity contribution < 1.29 is 9.84 Å². The number of nitrogens with zero attached hydrogens (tertiary/aromatic N) is 1. The lowest BCUT2D eigenvalue weighted by molar-refractivity contribution is 0.106. The molecule has 0 bridgehead atoms. The summed E-state index contributed by atoms with van der Waals surface area (Å²) in [6, 6.07) is 18.4. The molecule has 0 aliphatic heterocycles. The highest BCUT2D eigenvalue weighted by molar-refractivity contribution is 5.27. The highest BCUT2D eigenvalue weighted by Gasteiger charge is 2.05. The first-order chi connectivity index (χ1) is 12.1. The van der Waals surface area contributed by atoms with Crippen LogP contribution >= 0.6 is 0 Å². The molecule has 4 nitrogen and oxygen atoms in total. The van der Waals surface area contributed by atoms with Crippen molar-refractivity contribution >= 4 is 0 Å². The third-order valence-electron chi connectivity index (χ3n) is 4.00. The highest BCUT2D eigenvalue weighted by atomic mass is 16.5. The standard InChI is InChI=1S/C21H30N2O2/c1-18-8-6-11-21(14-18)25-17-20(24)15-22-12-7-13-23(2)16-19-9-4-3-5-10-19/h3-6,8-11,14,20,22,24H,7,12-13,15-17H2,1-2H3. The lowest BCUT2D eigenvalue weighted by Gasteiger charge is -2.17. The number of aryl methyl sites for hydroxylation is 1. The van der Waals surface area contributed by atoms with Gasteiger partial charge in [-0.05, 0) is 56.7 Å². The van der Waals surface area contributed by atoms with Crippen molar-refractivity contribution in [3.8, 4) is 5.75 Å². The van der Waals surface area contributed by atoms with Crippen LogP contribution in [0.5, 0.6) is 5.75 Å². The smallest absolute Gasteiger partial charge is 0.119 e. The van der Waals surface area contributed by atoms with E-state index in [9.17, 15) is 5.11 Å². The molecule has 1 unspecified atom stereocenters. The fraction of sp³-hybridized carbons (Fsp3) is 0.429. The van der Waals surface area contributed by atoms with E-state index in [1.54, 1.807) is 0 Å². The maximum absolute atomic E-state index is 9.99. The van der Waals surface area contributed by atoms with Crippen LogP contribution in [-0.4, -0.2) is 49.4 Å². The molecule has 0 fully saturated rings. The molecule has 0 radical (unpaired) electrons. The second-order valence-electron chi connectivity index (χ2n) is 6.56. The summed E-state index contributed by atoms with van der Waals surface area (Å²) >= 11 is 0. The molecule has 136 valence electrons. The fourth-order valence-corrected chi connectivity index (χ4v) is 2.67. The average Bonchev–Trinajstić information content (AvgIpc) is 2.60. The summed E-state index contributed by atoms with van der Waals surface area (Å²) in [6.07, 6.45) is 0.553. The molecule has 0 aliphatic carbocycles. The number of hydrogen-bond donors (Lipinski definition) is 2. The number of nitrogens with one attached hydrogen (secondary N) is 1. The van der Waals surface area contributed by atoms with Gasteiger partial charge in [0.2, 0.25) is 0 Å². The molecule has 2 aromatic carbocycles. The van der Waals surface area contributed by atoms with E-state index < -0.39 is 6.10 Å². The summed E-state index contributed by atoms with van der Waals surface area (Å²) in [5.41, 5.74) is 2.49. The Kier molecular flexibility index (Phi) is 8.46. The molecule has 4 heteroatoms. The molecular formula is C21H30N2O2. The summed E-state index contributed by atoms with van der Waals surface area (Å²) in [4.78, 5) is 2.31. The normalized spacial score (nSPS) is 12.3. The summed E-state index contributed by atoms with van der Waals surface area (Å²) in [5, 5.41) is 13.3. The molecule has 25 heavy (non-hydrogen) atoms. The van der Waals surface area contributed by atoms with E-state index in [0.29, 0.717) is 13.2 Å². The second-order valence-corrected chi connectivity index (χ2v) is 6.56. The minimum absolute atomic E-state index is 0.310. The Hall–Kier alpha value is -1.88. The maximum atomic E-state index is 9.99. The largest absolute Gasteiger partial charge is 0.491 e. The molecule has 1 atom stereocenters. The zero-order chi connectivity index (χ0) is 17.9. The maximum Gasteiger partial charge on any atom is 0.119 e. The number of aliphatic hydroxyl groups excluding tert-OH is 1. The highest BCUT2D eigenvalue weighted by Crippen LogP contribution is 2.12. The molecule has 0 aromatic heterocycles. The third kappa shape index (κ3) is 8.16. The topological polar surface area (TPSA) is 44.7 Å². The van der Waals surface area contributed by atoms with Gasteiger partial charge in [-0.15, -0.1) is 0 Å². The minimum Gasteiger partial charge on any atom is -0.491 e. The van der Waals surface area contributed by atoms with E-state index in [1.807, 2.05) is 37.3 Å². The Morgan fingerprint density at radius 3 is 2.68 bits per heavy atom. The molecule has 2 aromatic rings. The van der Waals surface area contributed by atoms with Gasteiger partial charge >= 0.3 is 0 Å². The Balaban J connectivity index is 1.52. The van der Waals surface area contributed by atoms with Crippen LogP contribution in [0.15, 0.2) is 54.6 Å². The molecule has 0 saturated carbocycles. The molecular weight excluding hydrogens is 312 g/mol. The monoisotopic (exact) mass is 342 g/mol. The van der Waals surface area contributed by atoms with Crippen LogP contribution in [-0.2, 0) is 6.54 Å². The number of benzene rings is 2. The van der Waals surface area contributed by atoms with E-state index >= 15 is 0 Å². The lowest BCUT2D eigenvalue weighted by Crippen LogP contribution is -2.33. The molecule has 2 N–H and O–H groups in total. The van der Waals surface area contributed by atoms with Crippen LogP contribution in [0.1, 0.15) is 17.5 Å². The SMILES string of the molecule is Cc1cccc(OCC(O)CNCCCN(C)Cc2ccccc2)c1. The van der Waals surface area contributed by atoms with Crippen molar-refractivity contribution in [2.75, 3.05) is 33.3 Å². The van der Waals surface area contributed by atoms with E-state index in [-0.39, 0.29) is 0 Å². The van der Waals surface area contributed by atoms with Gasteiger partial charge in [0, 0.05) is 13.1 Å². The summed E-state index contributed by atoms with van der Waals surface area (Å²) in [5.74, 6) is 0.807. The first kappa shape index (κ1) is 19.4. The van der Waals surface area contributed by atoms with Crippen molar-refractivity contribution in [1.29, 1.82) is 0 Å². The van der Waals surface area contributed by atoms with Crippen LogP contribution in [0, 0.1) is 6.92 Å². The van der Waals surface area contributed by atoms with Gasteiger partial charge in [-0.2, -0.15) is 0 Å².